The standard InChI is InChI=1S/C14H17N3O4S/c1-10-2-4-12(5-3-10)22(20,21)16-7-6-11(9-16)17-13(18)8-15-14(17)19/h2-5,11H,6-9H2,1H3,(H,15,19). The molecule has 2 saturated heterocycles. The Hall–Kier alpha value is -1.93. The van der Waals surface area contributed by atoms with E-state index >= 15 is 0 Å². The second-order valence-electron chi connectivity index (χ2n) is 5.54. The molecule has 22 heavy (non-hydrogen) atoms. The summed E-state index contributed by atoms with van der Waals surface area (Å²) in [5.74, 6) is -0.301. The van der Waals surface area contributed by atoms with Crippen LogP contribution in [0.4, 0.5) is 4.79 Å². The normalized spacial score (nSPS) is 23.1. The van der Waals surface area contributed by atoms with Crippen LogP contribution < -0.4 is 5.32 Å². The molecular weight excluding hydrogens is 306 g/mol. The molecule has 0 saturated carbocycles. The minimum atomic E-state index is -3.59. The minimum absolute atomic E-state index is 0.0138. The summed E-state index contributed by atoms with van der Waals surface area (Å²) in [6, 6.07) is 5.81. The summed E-state index contributed by atoms with van der Waals surface area (Å²) in [4.78, 5) is 24.7. The van der Waals surface area contributed by atoms with Crippen molar-refractivity contribution in [2.75, 3.05) is 19.6 Å². The number of rotatable bonds is 3. The third-order valence-electron chi connectivity index (χ3n) is 4.03. The molecule has 2 aliphatic rings. The molecule has 118 valence electrons. The molecule has 1 atom stereocenters. The molecule has 8 heteroatoms. The number of imide groups is 1. The van der Waals surface area contributed by atoms with Gasteiger partial charge >= 0.3 is 6.03 Å². The first-order valence-corrected chi connectivity index (χ1v) is 8.50. The Kier molecular flexibility index (Phi) is 3.65. The molecule has 1 N–H and O–H groups in total. The number of carbonyl (C=O) groups excluding carboxylic acids is 2. The average molecular weight is 323 g/mol. The predicted molar refractivity (Wildman–Crippen MR) is 78.6 cm³/mol. The summed E-state index contributed by atoms with van der Waals surface area (Å²) in [7, 11) is -3.59. The van der Waals surface area contributed by atoms with Gasteiger partial charge in [0.15, 0.2) is 0 Å². The monoisotopic (exact) mass is 323 g/mol. The maximum atomic E-state index is 12.6. The van der Waals surface area contributed by atoms with Crippen LogP contribution in [0.5, 0.6) is 0 Å². The van der Waals surface area contributed by atoms with Crippen molar-refractivity contribution in [3.8, 4) is 0 Å². The molecule has 3 amide bonds. The molecule has 0 aromatic heterocycles. The van der Waals surface area contributed by atoms with Crippen molar-refractivity contribution in [1.82, 2.24) is 14.5 Å². The van der Waals surface area contributed by atoms with Crippen molar-refractivity contribution >= 4 is 22.0 Å². The Morgan fingerprint density at radius 3 is 2.45 bits per heavy atom. The highest BCUT2D eigenvalue weighted by atomic mass is 32.2. The van der Waals surface area contributed by atoms with E-state index in [1.807, 2.05) is 6.92 Å². The van der Waals surface area contributed by atoms with Crippen LogP contribution >= 0.6 is 0 Å². The van der Waals surface area contributed by atoms with E-state index < -0.39 is 22.1 Å². The molecule has 2 aliphatic heterocycles. The van der Waals surface area contributed by atoms with E-state index in [0.717, 1.165) is 10.5 Å². The van der Waals surface area contributed by atoms with Gasteiger partial charge in [-0.25, -0.2) is 13.2 Å². The maximum absolute atomic E-state index is 12.6. The number of hydrogen-bond acceptors (Lipinski definition) is 4. The first-order valence-electron chi connectivity index (χ1n) is 7.06. The van der Waals surface area contributed by atoms with E-state index in [1.54, 1.807) is 24.3 Å². The summed E-state index contributed by atoms with van der Waals surface area (Å²) in [5.41, 5.74) is 0.984. The molecule has 0 aliphatic carbocycles. The SMILES string of the molecule is Cc1ccc(S(=O)(=O)N2CCC(N3C(=O)CNC3=O)C2)cc1. The van der Waals surface area contributed by atoms with E-state index in [9.17, 15) is 18.0 Å². The molecule has 1 aromatic rings. The second kappa shape index (κ2) is 5.36. The molecule has 0 radical (unpaired) electrons. The Balaban J connectivity index is 1.78. The Morgan fingerprint density at radius 1 is 1.18 bits per heavy atom. The Labute approximate surface area is 128 Å². The topological polar surface area (TPSA) is 86.8 Å². The van der Waals surface area contributed by atoms with Gasteiger partial charge in [0.25, 0.3) is 0 Å². The number of nitrogens with zero attached hydrogens (tertiary/aromatic N) is 2. The highest BCUT2D eigenvalue weighted by molar-refractivity contribution is 7.89. The first kappa shape index (κ1) is 15.0. The number of sulfonamides is 1. The average Bonchev–Trinajstić information content (AvgIpc) is 3.07. The third kappa shape index (κ3) is 2.48. The van der Waals surface area contributed by atoms with Crippen molar-refractivity contribution in [1.29, 1.82) is 0 Å². The van der Waals surface area contributed by atoms with Gasteiger partial charge in [0.1, 0.15) is 0 Å². The smallest absolute Gasteiger partial charge is 0.324 e. The quantitative estimate of drug-likeness (QED) is 0.811. The summed E-state index contributed by atoms with van der Waals surface area (Å²) < 4.78 is 26.5. The fraction of sp³-hybridized carbons (Fsp3) is 0.429. The second-order valence-corrected chi connectivity index (χ2v) is 7.48. The van der Waals surface area contributed by atoms with Crippen LogP contribution in [0.1, 0.15) is 12.0 Å². The molecule has 0 spiro atoms. The van der Waals surface area contributed by atoms with E-state index in [4.69, 9.17) is 0 Å². The molecular formula is C14H17N3O4S. The number of hydrogen-bond donors (Lipinski definition) is 1. The summed E-state index contributed by atoms with van der Waals surface area (Å²) in [6.07, 6.45) is 0.463. The van der Waals surface area contributed by atoms with Crippen LogP contribution in [0.2, 0.25) is 0 Å². The largest absolute Gasteiger partial charge is 0.329 e. The van der Waals surface area contributed by atoms with Crippen LogP contribution in [0.3, 0.4) is 0 Å². The lowest BCUT2D eigenvalue weighted by molar-refractivity contribution is -0.126. The highest BCUT2D eigenvalue weighted by Crippen LogP contribution is 2.24. The molecule has 1 unspecified atom stereocenters. The summed E-state index contributed by atoms with van der Waals surface area (Å²) in [6.45, 7) is 2.33. The van der Waals surface area contributed by atoms with Crippen LogP contribution in [-0.4, -0.2) is 55.2 Å². The number of amides is 3. The zero-order chi connectivity index (χ0) is 15.9. The van der Waals surface area contributed by atoms with Gasteiger partial charge in [0.05, 0.1) is 17.5 Å². The lowest BCUT2D eigenvalue weighted by Crippen LogP contribution is -2.42. The number of carbonyl (C=O) groups is 2. The molecule has 2 fully saturated rings. The van der Waals surface area contributed by atoms with Gasteiger partial charge in [-0.3, -0.25) is 9.69 Å². The van der Waals surface area contributed by atoms with Crippen LogP contribution in [0.15, 0.2) is 29.2 Å². The number of benzene rings is 1. The lowest BCUT2D eigenvalue weighted by Gasteiger charge is -2.21. The van der Waals surface area contributed by atoms with Gasteiger partial charge in [-0.05, 0) is 25.5 Å². The Morgan fingerprint density at radius 2 is 1.86 bits per heavy atom. The Bertz CT molecular complexity index is 698. The maximum Gasteiger partial charge on any atom is 0.324 e. The van der Waals surface area contributed by atoms with Gasteiger partial charge in [0, 0.05) is 13.1 Å². The molecule has 3 rings (SSSR count). The zero-order valence-electron chi connectivity index (χ0n) is 12.2. The molecule has 0 bridgehead atoms. The van der Waals surface area contributed by atoms with Crippen molar-refractivity contribution in [3.05, 3.63) is 29.8 Å². The first-order chi connectivity index (χ1) is 10.4. The third-order valence-corrected chi connectivity index (χ3v) is 5.91. The van der Waals surface area contributed by atoms with Crippen molar-refractivity contribution < 1.29 is 18.0 Å². The zero-order valence-corrected chi connectivity index (χ0v) is 13.0. The van der Waals surface area contributed by atoms with Gasteiger partial charge in [-0.2, -0.15) is 4.31 Å². The van der Waals surface area contributed by atoms with Gasteiger partial charge < -0.3 is 5.32 Å². The molecule has 1 aromatic carbocycles. The number of aryl methyl sites for hydroxylation is 1. The van der Waals surface area contributed by atoms with Crippen molar-refractivity contribution in [2.45, 2.75) is 24.3 Å². The van der Waals surface area contributed by atoms with Crippen LogP contribution in [-0.2, 0) is 14.8 Å². The van der Waals surface area contributed by atoms with E-state index in [-0.39, 0.29) is 23.9 Å². The van der Waals surface area contributed by atoms with Crippen molar-refractivity contribution in [2.24, 2.45) is 0 Å². The molecule has 2 heterocycles. The van der Waals surface area contributed by atoms with Crippen LogP contribution in [0, 0.1) is 6.92 Å². The van der Waals surface area contributed by atoms with Gasteiger partial charge in [-0.1, -0.05) is 17.7 Å². The highest BCUT2D eigenvalue weighted by Gasteiger charge is 2.41. The fourth-order valence-electron chi connectivity index (χ4n) is 2.80. The van der Waals surface area contributed by atoms with Gasteiger partial charge in [-0.15, -0.1) is 0 Å². The molecule has 7 nitrogen and oxygen atoms in total. The summed E-state index contributed by atoms with van der Waals surface area (Å²) >= 11 is 0. The minimum Gasteiger partial charge on any atom is -0.329 e. The predicted octanol–water partition coefficient (Wildman–Crippen LogP) is 0.310. The van der Waals surface area contributed by atoms with E-state index in [1.165, 1.54) is 4.31 Å². The van der Waals surface area contributed by atoms with Gasteiger partial charge in [0.2, 0.25) is 15.9 Å². The fourth-order valence-corrected chi connectivity index (χ4v) is 4.30. The summed E-state index contributed by atoms with van der Waals surface area (Å²) in [5, 5.41) is 2.46. The lowest BCUT2D eigenvalue weighted by atomic mass is 10.2. The number of nitrogens with one attached hydrogen (secondary N) is 1. The van der Waals surface area contributed by atoms with E-state index in [2.05, 4.69) is 5.32 Å². The number of urea groups is 1. The van der Waals surface area contributed by atoms with Crippen molar-refractivity contribution in [3.63, 3.8) is 0 Å². The van der Waals surface area contributed by atoms with E-state index in [0.29, 0.717) is 13.0 Å². The van der Waals surface area contributed by atoms with Crippen LogP contribution in [0.25, 0.3) is 0 Å².